The Bertz CT molecular complexity index is 712. The maximum Gasteiger partial charge on any atom is 0.332 e. The van der Waals surface area contributed by atoms with E-state index in [-0.39, 0.29) is 11.7 Å². The van der Waals surface area contributed by atoms with Gasteiger partial charge in [0.2, 0.25) is 5.91 Å². The molecule has 0 radical (unpaired) electrons. The fourth-order valence-electron chi connectivity index (χ4n) is 2.73. The van der Waals surface area contributed by atoms with E-state index in [1.54, 1.807) is 0 Å². The van der Waals surface area contributed by atoms with Gasteiger partial charge in [-0.25, -0.2) is 9.36 Å². The van der Waals surface area contributed by atoms with Crippen molar-refractivity contribution in [1.29, 1.82) is 0 Å². The predicted octanol–water partition coefficient (Wildman–Crippen LogP) is 2.04. The van der Waals surface area contributed by atoms with Crippen molar-refractivity contribution in [2.75, 3.05) is 6.61 Å². The van der Waals surface area contributed by atoms with Crippen LogP contribution in [-0.2, 0) is 25.1 Å². The molecule has 1 N–H and O–H groups in total. The van der Waals surface area contributed by atoms with E-state index in [2.05, 4.69) is 20.9 Å². The zero-order valence-corrected chi connectivity index (χ0v) is 18.2. The lowest BCUT2D eigenvalue weighted by atomic mass is 10.2. The zero-order chi connectivity index (χ0) is 18.8. The van der Waals surface area contributed by atoms with E-state index < -0.39 is 26.2 Å². The first-order valence-electron chi connectivity index (χ1n) is 8.47. The number of aromatic amines is 1. The highest BCUT2D eigenvalue weighted by molar-refractivity contribution is 9.08. The highest BCUT2D eigenvalue weighted by Crippen LogP contribution is 2.36. The van der Waals surface area contributed by atoms with E-state index in [1.165, 1.54) is 10.8 Å². The fraction of sp³-hybridized carbons (Fsp3) is 0.750. The Morgan fingerprint density at radius 3 is 2.68 bits per heavy atom. The van der Waals surface area contributed by atoms with E-state index in [0.717, 1.165) is 0 Å². The summed E-state index contributed by atoms with van der Waals surface area (Å²) < 4.78 is 19.5. The van der Waals surface area contributed by atoms with Gasteiger partial charge in [-0.05, 0) is 40.3 Å². The second-order valence-electron chi connectivity index (χ2n) is 7.50. The molecule has 7 nitrogen and oxygen atoms in total. The lowest BCUT2D eigenvalue weighted by molar-refractivity contribution is -0.247. The number of hydrogen-bond donors (Lipinski definition) is 1. The molecule has 1 aromatic rings. The highest BCUT2D eigenvalue weighted by atomic mass is 79.9. The van der Waals surface area contributed by atoms with Crippen molar-refractivity contribution in [3.63, 3.8) is 0 Å². The first kappa shape index (κ1) is 20.6. The van der Waals surface area contributed by atoms with Gasteiger partial charge in [0.25, 0.3) is 5.56 Å². The molecule has 0 amide bonds. The first-order valence-corrected chi connectivity index (χ1v) is 12.4. The third-order valence-corrected chi connectivity index (χ3v) is 5.23. The van der Waals surface area contributed by atoms with Crippen LogP contribution in [0.2, 0.25) is 13.1 Å². The minimum absolute atomic E-state index is 0.168. The van der Waals surface area contributed by atoms with Gasteiger partial charge >= 0.3 is 5.69 Å². The third kappa shape index (κ3) is 5.13. The van der Waals surface area contributed by atoms with Crippen LogP contribution in [0.4, 0.5) is 0 Å². The van der Waals surface area contributed by atoms with Crippen LogP contribution < -0.4 is 11.2 Å². The second kappa shape index (κ2) is 7.87. The average Bonchev–Trinajstić information content (AvgIpc) is 2.88. The lowest BCUT2D eigenvalue weighted by Gasteiger charge is -2.33. The van der Waals surface area contributed by atoms with E-state index in [0.29, 0.717) is 30.3 Å². The van der Waals surface area contributed by atoms with Crippen LogP contribution in [0.25, 0.3) is 0 Å². The first-order chi connectivity index (χ1) is 11.6. The zero-order valence-electron chi connectivity index (χ0n) is 15.4. The summed E-state index contributed by atoms with van der Waals surface area (Å²) in [5, 5.41) is 0.342. The Kier molecular flexibility index (Phi) is 6.48. The van der Waals surface area contributed by atoms with Gasteiger partial charge < -0.3 is 13.9 Å². The number of alkyl halides is 1. The van der Waals surface area contributed by atoms with Crippen molar-refractivity contribution in [1.82, 2.24) is 9.55 Å². The number of hydrogen-bond acceptors (Lipinski definition) is 5. The van der Waals surface area contributed by atoms with Crippen LogP contribution in [-0.4, -0.2) is 36.9 Å². The third-order valence-electron chi connectivity index (χ3n) is 3.78. The van der Waals surface area contributed by atoms with Crippen LogP contribution in [0.1, 0.15) is 39.2 Å². The summed E-state index contributed by atoms with van der Waals surface area (Å²) in [5.41, 5.74) is -0.742. The van der Waals surface area contributed by atoms with Gasteiger partial charge in [0.15, 0.2) is 9.04 Å². The number of aromatic nitrogens is 2. The van der Waals surface area contributed by atoms with Gasteiger partial charge in [-0.2, -0.15) is 0 Å². The second-order valence-corrected chi connectivity index (χ2v) is 10.4. The van der Waals surface area contributed by atoms with Crippen molar-refractivity contribution >= 4 is 25.0 Å². The summed E-state index contributed by atoms with van der Waals surface area (Å²) in [6, 6.07) is 0. The maximum atomic E-state index is 12.4. The summed E-state index contributed by atoms with van der Waals surface area (Å²) >= 11 is 3.27. The normalized spacial score (nSPS) is 24.2. The van der Waals surface area contributed by atoms with Crippen molar-refractivity contribution in [2.24, 2.45) is 0 Å². The van der Waals surface area contributed by atoms with Crippen molar-refractivity contribution in [3.05, 3.63) is 32.6 Å². The standard InChI is InChI=1S/C16H27BrN2O5Si/c1-15(2,3)22-10-12-6-7-16(23-12,24-25(4)5)19-9-11(8-17)13(20)18-14(19)21/h9,12,25H,6-8,10H2,1-5H3,(H,18,20,21)/t12-,16-/m0/s1. The molecule has 1 fully saturated rings. The van der Waals surface area contributed by atoms with Gasteiger partial charge in [-0.3, -0.25) is 9.78 Å². The summed E-state index contributed by atoms with van der Waals surface area (Å²) in [4.78, 5) is 26.6. The summed E-state index contributed by atoms with van der Waals surface area (Å²) in [6.07, 6.45) is 2.61. The maximum absolute atomic E-state index is 12.4. The lowest BCUT2D eigenvalue weighted by Crippen LogP contribution is -2.48. The minimum atomic E-state index is -1.53. The topological polar surface area (TPSA) is 82.6 Å². The Labute approximate surface area is 157 Å². The average molecular weight is 435 g/mol. The Morgan fingerprint density at radius 2 is 2.12 bits per heavy atom. The molecule has 0 saturated carbocycles. The van der Waals surface area contributed by atoms with Crippen LogP contribution in [0, 0.1) is 0 Å². The smallest absolute Gasteiger partial charge is 0.332 e. The van der Waals surface area contributed by atoms with Crippen LogP contribution >= 0.6 is 15.9 Å². The molecule has 25 heavy (non-hydrogen) atoms. The Hall–Kier alpha value is -0.743. The van der Waals surface area contributed by atoms with Crippen LogP contribution in [0.15, 0.2) is 15.8 Å². The Morgan fingerprint density at radius 1 is 1.44 bits per heavy atom. The number of nitrogens with one attached hydrogen (secondary N) is 1. The number of ether oxygens (including phenoxy) is 2. The van der Waals surface area contributed by atoms with Gasteiger partial charge in [-0.1, -0.05) is 15.9 Å². The monoisotopic (exact) mass is 434 g/mol. The molecule has 0 spiro atoms. The van der Waals surface area contributed by atoms with Gasteiger partial charge in [0.1, 0.15) is 0 Å². The molecule has 9 heteroatoms. The SMILES string of the molecule is C[SiH](C)O[C@]1(n2cc(CBr)c(=O)[nH]c2=O)CC[C@@H](COC(C)(C)C)O1. The van der Waals surface area contributed by atoms with Crippen LogP contribution in [0.5, 0.6) is 0 Å². The number of nitrogens with zero attached hydrogens (tertiary/aromatic N) is 1. The van der Waals surface area contributed by atoms with Crippen molar-refractivity contribution in [3.8, 4) is 0 Å². The quantitative estimate of drug-likeness (QED) is 0.546. The van der Waals surface area contributed by atoms with E-state index >= 15 is 0 Å². The molecule has 0 bridgehead atoms. The summed E-state index contributed by atoms with van der Waals surface area (Å²) in [6.45, 7) is 10.4. The molecule has 2 rings (SSSR count). The molecule has 2 heterocycles. The van der Waals surface area contributed by atoms with E-state index in [9.17, 15) is 9.59 Å². The molecule has 1 aromatic heterocycles. The molecule has 1 aliphatic rings. The van der Waals surface area contributed by atoms with Gasteiger partial charge in [-0.15, -0.1) is 0 Å². The molecular weight excluding hydrogens is 408 g/mol. The molecule has 2 atom stereocenters. The molecule has 0 aromatic carbocycles. The number of H-pyrrole nitrogens is 1. The van der Waals surface area contributed by atoms with E-state index in [4.69, 9.17) is 13.9 Å². The Balaban J connectivity index is 2.34. The molecule has 1 saturated heterocycles. The summed E-state index contributed by atoms with van der Waals surface area (Å²) in [5.74, 6) is -1.18. The minimum Gasteiger partial charge on any atom is -0.377 e. The largest absolute Gasteiger partial charge is 0.377 e. The molecular formula is C16H27BrN2O5Si. The van der Waals surface area contributed by atoms with Gasteiger partial charge in [0.05, 0.1) is 18.3 Å². The van der Waals surface area contributed by atoms with Crippen molar-refractivity contribution in [2.45, 2.75) is 69.7 Å². The number of rotatable bonds is 6. The highest BCUT2D eigenvalue weighted by Gasteiger charge is 2.45. The molecule has 0 unspecified atom stereocenters. The molecule has 1 aliphatic heterocycles. The summed E-state index contributed by atoms with van der Waals surface area (Å²) in [7, 11) is -1.53. The van der Waals surface area contributed by atoms with Crippen LogP contribution in [0.3, 0.4) is 0 Å². The van der Waals surface area contributed by atoms with E-state index in [1.807, 2.05) is 33.9 Å². The van der Waals surface area contributed by atoms with Crippen molar-refractivity contribution < 1.29 is 13.9 Å². The fourth-order valence-corrected chi connectivity index (χ4v) is 4.15. The molecule has 0 aliphatic carbocycles. The predicted molar refractivity (Wildman–Crippen MR) is 102 cm³/mol. The molecule has 142 valence electrons. The number of halogens is 1. The van der Waals surface area contributed by atoms with Gasteiger partial charge in [0, 0.05) is 23.5 Å².